The van der Waals surface area contributed by atoms with E-state index in [9.17, 15) is 18.4 Å². The number of hydrogen-bond donors (Lipinski definition) is 2. The average Bonchev–Trinajstić information content (AvgIpc) is 3.20. The van der Waals surface area contributed by atoms with Crippen molar-refractivity contribution in [2.75, 3.05) is 5.32 Å². The Morgan fingerprint density at radius 1 is 1.06 bits per heavy atom. The number of carbonyl (C=O) groups excluding carboxylic acids is 1. The third kappa shape index (κ3) is 5.91. The molecule has 1 aliphatic carbocycles. The van der Waals surface area contributed by atoms with Crippen molar-refractivity contribution in [1.82, 2.24) is 10.1 Å². The Labute approximate surface area is 187 Å². The molecule has 1 saturated carbocycles. The molecule has 1 heterocycles. The van der Waals surface area contributed by atoms with Crippen molar-refractivity contribution in [3.05, 3.63) is 71.1 Å². The van der Waals surface area contributed by atoms with E-state index in [1.807, 2.05) is 0 Å². The van der Waals surface area contributed by atoms with Crippen molar-refractivity contribution >= 4 is 17.9 Å². The van der Waals surface area contributed by atoms with Crippen LogP contribution >= 0.6 is 0 Å². The fraction of sp³-hybridized carbons (Fsp3) is 0.304. The fourth-order valence-corrected chi connectivity index (χ4v) is 3.75. The number of halogens is 2. The smallest absolute Gasteiger partial charge is 0.328 e. The molecule has 0 saturated heterocycles. The van der Waals surface area contributed by atoms with Crippen LogP contribution in [0.3, 0.4) is 0 Å². The Morgan fingerprint density at radius 3 is 2.36 bits per heavy atom. The number of nitrogens with one attached hydrogen (secondary N) is 1. The Hall–Kier alpha value is -3.82. The first kappa shape index (κ1) is 22.4. The zero-order chi connectivity index (χ0) is 23.4. The van der Waals surface area contributed by atoms with E-state index in [-0.39, 0.29) is 30.3 Å². The molecule has 1 aromatic heterocycles. The van der Waals surface area contributed by atoms with Crippen molar-refractivity contribution in [2.45, 2.75) is 38.2 Å². The van der Waals surface area contributed by atoms with Gasteiger partial charge in [-0.1, -0.05) is 5.16 Å². The van der Waals surface area contributed by atoms with Crippen molar-refractivity contribution in [3.8, 4) is 5.75 Å². The van der Waals surface area contributed by atoms with Crippen molar-refractivity contribution in [3.63, 3.8) is 0 Å². The second kappa shape index (κ2) is 9.76. The number of rotatable bonds is 7. The molecule has 0 bridgehead atoms. The number of anilines is 1. The molecule has 1 aliphatic rings. The summed E-state index contributed by atoms with van der Waals surface area (Å²) in [6, 6.07) is 9.46. The second-order valence-corrected chi connectivity index (χ2v) is 7.88. The molecule has 0 radical (unpaired) electrons. The largest absolute Gasteiger partial charge is 0.490 e. The SMILES string of the molecule is O=C(Nc1nc(Cc2cc(F)cc(F)c2)no1)c1ccc(O[C@H]2CC[C@@H](C(=O)O)CC2)cc1. The maximum Gasteiger partial charge on any atom is 0.328 e. The molecule has 0 aliphatic heterocycles. The van der Waals surface area contributed by atoms with Gasteiger partial charge in [0.1, 0.15) is 17.4 Å². The number of hydrogen-bond acceptors (Lipinski definition) is 6. The van der Waals surface area contributed by atoms with Gasteiger partial charge in [0, 0.05) is 18.1 Å². The third-order valence-electron chi connectivity index (χ3n) is 5.42. The highest BCUT2D eigenvalue weighted by Crippen LogP contribution is 2.28. The van der Waals surface area contributed by atoms with Crippen LogP contribution in [0.2, 0.25) is 0 Å². The average molecular weight is 457 g/mol. The topological polar surface area (TPSA) is 115 Å². The second-order valence-electron chi connectivity index (χ2n) is 7.88. The minimum absolute atomic E-state index is 0.0362. The molecular weight excluding hydrogens is 436 g/mol. The standard InChI is InChI=1S/C23H21F2N3O5/c24-16-9-13(10-17(25)12-16)11-20-26-23(33-28-20)27-21(29)14-1-5-18(6-2-14)32-19-7-3-15(4-8-19)22(30)31/h1-2,5-6,9-10,12,15,19H,3-4,7-8,11H2,(H,30,31)(H,26,27,28,29)/t15-,19+. The number of aromatic nitrogens is 2. The maximum absolute atomic E-state index is 13.3. The van der Waals surface area contributed by atoms with Gasteiger partial charge in [0.2, 0.25) is 0 Å². The summed E-state index contributed by atoms with van der Waals surface area (Å²) in [5, 5.41) is 15.3. The molecule has 2 aromatic carbocycles. The Balaban J connectivity index is 1.30. The first-order valence-electron chi connectivity index (χ1n) is 10.4. The molecule has 0 unspecified atom stereocenters. The third-order valence-corrected chi connectivity index (χ3v) is 5.42. The predicted molar refractivity (Wildman–Crippen MR) is 112 cm³/mol. The first-order chi connectivity index (χ1) is 15.9. The molecule has 0 atom stereocenters. The van der Waals surface area contributed by atoms with E-state index in [1.54, 1.807) is 24.3 Å². The van der Waals surface area contributed by atoms with Gasteiger partial charge in [0.25, 0.3) is 5.91 Å². The molecule has 1 amide bonds. The summed E-state index contributed by atoms with van der Waals surface area (Å²) in [6.45, 7) is 0. The molecule has 2 N–H and O–H groups in total. The summed E-state index contributed by atoms with van der Waals surface area (Å²) in [7, 11) is 0. The van der Waals surface area contributed by atoms with Crippen LogP contribution in [-0.2, 0) is 11.2 Å². The van der Waals surface area contributed by atoms with Gasteiger partial charge in [-0.05, 0) is 67.6 Å². The van der Waals surface area contributed by atoms with E-state index < -0.39 is 23.5 Å². The molecular formula is C23H21F2N3O5. The van der Waals surface area contributed by atoms with Gasteiger partial charge in [0.15, 0.2) is 5.82 Å². The maximum atomic E-state index is 13.3. The summed E-state index contributed by atoms with van der Waals surface area (Å²) < 4.78 is 37.5. The summed E-state index contributed by atoms with van der Waals surface area (Å²) in [5.74, 6) is -2.21. The van der Waals surface area contributed by atoms with Gasteiger partial charge < -0.3 is 14.4 Å². The molecule has 1 fully saturated rings. The van der Waals surface area contributed by atoms with Crippen molar-refractivity contribution in [1.29, 1.82) is 0 Å². The van der Waals surface area contributed by atoms with Gasteiger partial charge >= 0.3 is 12.0 Å². The molecule has 3 aromatic rings. The molecule has 4 rings (SSSR count). The minimum atomic E-state index is -0.764. The number of benzene rings is 2. The van der Waals surface area contributed by atoms with Crippen molar-refractivity contribution < 1.29 is 32.7 Å². The fourth-order valence-electron chi connectivity index (χ4n) is 3.75. The van der Waals surface area contributed by atoms with Crippen LogP contribution in [0, 0.1) is 17.6 Å². The number of carbonyl (C=O) groups is 2. The molecule has 0 spiro atoms. The number of amides is 1. The molecule has 8 nitrogen and oxygen atoms in total. The number of aliphatic carboxylic acids is 1. The lowest BCUT2D eigenvalue weighted by atomic mass is 9.87. The predicted octanol–water partition coefficient (Wildman–Crippen LogP) is 4.21. The lowest BCUT2D eigenvalue weighted by Crippen LogP contribution is -2.27. The first-order valence-corrected chi connectivity index (χ1v) is 10.4. The lowest BCUT2D eigenvalue weighted by molar-refractivity contribution is -0.143. The summed E-state index contributed by atoms with van der Waals surface area (Å²) in [5.41, 5.74) is 0.669. The van der Waals surface area contributed by atoms with Gasteiger partial charge in [-0.25, -0.2) is 8.78 Å². The molecule has 33 heavy (non-hydrogen) atoms. The van der Waals surface area contributed by atoms with Gasteiger partial charge in [-0.2, -0.15) is 4.98 Å². The van der Waals surface area contributed by atoms with Crippen LogP contribution in [0.1, 0.15) is 47.4 Å². The highest BCUT2D eigenvalue weighted by Gasteiger charge is 2.27. The van der Waals surface area contributed by atoms with E-state index in [1.165, 1.54) is 12.1 Å². The van der Waals surface area contributed by atoms with Gasteiger partial charge in [-0.15, -0.1) is 0 Å². The monoisotopic (exact) mass is 457 g/mol. The molecule has 10 heteroatoms. The van der Waals surface area contributed by atoms with Crippen LogP contribution < -0.4 is 10.1 Å². The summed E-state index contributed by atoms with van der Waals surface area (Å²) in [4.78, 5) is 27.5. The normalized spacial score (nSPS) is 18.0. The van der Waals surface area contributed by atoms with Crippen molar-refractivity contribution in [2.24, 2.45) is 5.92 Å². The lowest BCUT2D eigenvalue weighted by Gasteiger charge is -2.26. The van der Waals surface area contributed by atoms with Crippen LogP contribution in [-0.4, -0.2) is 33.2 Å². The summed E-state index contributed by atoms with van der Waals surface area (Å²) in [6.07, 6.45) is 2.49. The summed E-state index contributed by atoms with van der Waals surface area (Å²) >= 11 is 0. The Morgan fingerprint density at radius 2 is 1.73 bits per heavy atom. The van der Waals surface area contributed by atoms with E-state index >= 15 is 0 Å². The van der Waals surface area contributed by atoms with E-state index in [0.29, 0.717) is 42.6 Å². The number of nitrogens with zero attached hydrogens (tertiary/aromatic N) is 2. The zero-order valence-electron chi connectivity index (χ0n) is 17.5. The quantitative estimate of drug-likeness (QED) is 0.546. The number of carboxylic acid groups (broad SMARTS) is 1. The minimum Gasteiger partial charge on any atom is -0.490 e. The van der Waals surface area contributed by atoms with Crippen LogP contribution in [0.25, 0.3) is 0 Å². The number of carboxylic acids is 1. The zero-order valence-corrected chi connectivity index (χ0v) is 17.5. The van der Waals surface area contributed by atoms with Crippen LogP contribution in [0.4, 0.5) is 14.8 Å². The highest BCUT2D eigenvalue weighted by molar-refractivity contribution is 6.03. The van der Waals surface area contributed by atoms with E-state index in [4.69, 9.17) is 14.4 Å². The van der Waals surface area contributed by atoms with Gasteiger partial charge in [0.05, 0.1) is 12.0 Å². The van der Waals surface area contributed by atoms with Crippen LogP contribution in [0.5, 0.6) is 5.75 Å². The van der Waals surface area contributed by atoms with E-state index in [0.717, 1.165) is 6.07 Å². The number of ether oxygens (including phenoxy) is 1. The Bertz CT molecular complexity index is 1120. The molecule has 172 valence electrons. The Kier molecular flexibility index (Phi) is 6.62. The highest BCUT2D eigenvalue weighted by atomic mass is 19.1. The van der Waals surface area contributed by atoms with E-state index in [2.05, 4.69) is 15.5 Å². The van der Waals surface area contributed by atoms with Crippen LogP contribution in [0.15, 0.2) is 47.0 Å². The van der Waals surface area contributed by atoms with Gasteiger partial charge in [-0.3, -0.25) is 14.9 Å².